The van der Waals surface area contributed by atoms with E-state index in [2.05, 4.69) is 0 Å². The van der Waals surface area contributed by atoms with Gasteiger partial charge in [-0.25, -0.2) is 12.4 Å². The quantitative estimate of drug-likeness (QED) is 0.546. The lowest BCUT2D eigenvalue weighted by atomic mass is 10.0. The molecule has 0 fully saturated rings. The van der Waals surface area contributed by atoms with Crippen LogP contribution >= 0.6 is 0 Å². The third-order valence-corrected chi connectivity index (χ3v) is 4.63. The molecule has 0 amide bonds. The molecule has 1 heterocycles. The molecule has 3 rings (SSSR count). The number of allylic oxidation sites excluding steroid dienone is 1. The highest BCUT2D eigenvalue weighted by molar-refractivity contribution is 7.89. The van der Waals surface area contributed by atoms with Crippen LogP contribution in [0.2, 0.25) is 0 Å². The fourth-order valence-corrected chi connectivity index (χ4v) is 3.81. The van der Waals surface area contributed by atoms with Crippen molar-refractivity contribution in [3.63, 3.8) is 0 Å². The van der Waals surface area contributed by atoms with Gasteiger partial charge >= 0.3 is 0 Å². The number of para-hydroxylation sites is 1. The summed E-state index contributed by atoms with van der Waals surface area (Å²) in [5.74, 6) is 0. The van der Waals surface area contributed by atoms with Gasteiger partial charge in [-0.15, -0.1) is 0 Å². The summed E-state index contributed by atoms with van der Waals surface area (Å²) in [4.78, 5) is 10.8. The zero-order valence-electron chi connectivity index (χ0n) is 12.5. The lowest BCUT2D eigenvalue weighted by Crippen LogP contribution is -2.11. The Labute approximate surface area is 134 Å². The van der Waals surface area contributed by atoms with E-state index < -0.39 is 10.0 Å². The Morgan fingerprint density at radius 2 is 1.61 bits per heavy atom. The van der Waals surface area contributed by atoms with Crippen molar-refractivity contribution >= 4 is 33.3 Å². The molecule has 0 unspecified atom stereocenters. The number of rotatable bonds is 4. The number of fused-ring (bicyclic) bond motifs is 1. The van der Waals surface area contributed by atoms with Gasteiger partial charge < -0.3 is 0 Å². The zero-order chi connectivity index (χ0) is 16.4. The summed E-state index contributed by atoms with van der Waals surface area (Å²) in [5, 5.41) is 0.787. The Hall–Kier alpha value is -2.66. The second kappa shape index (κ2) is 5.85. The van der Waals surface area contributed by atoms with Crippen LogP contribution in [0.25, 0.3) is 28.2 Å². The monoisotopic (exact) mass is 325 g/mol. The van der Waals surface area contributed by atoms with Crippen LogP contribution in [0.1, 0.15) is 5.56 Å². The molecule has 2 aromatic carbocycles. The average molecular weight is 325 g/mol. The molecule has 5 heteroatoms. The summed E-state index contributed by atoms with van der Waals surface area (Å²) < 4.78 is 26.1. The molecule has 23 heavy (non-hydrogen) atoms. The molecule has 0 atom stereocenters. The third kappa shape index (κ3) is 2.71. The fourth-order valence-electron chi connectivity index (χ4n) is 2.75. The topological polar surface area (TPSA) is 56.1 Å². The molecule has 1 aromatic heterocycles. The van der Waals surface area contributed by atoms with Crippen LogP contribution in [0, 0.1) is 0 Å². The standard InChI is InChI=1S/C18H15NO3S/c1-23(21,22)19-17-12-6-5-10-15(17)16(11-7-13-20)18(19)14-8-3-2-4-9-14/h2-13H,1H3/b11-7+. The molecule has 0 radical (unpaired) electrons. The van der Waals surface area contributed by atoms with Crippen molar-refractivity contribution in [3.05, 3.63) is 66.2 Å². The van der Waals surface area contributed by atoms with E-state index in [-0.39, 0.29) is 0 Å². The van der Waals surface area contributed by atoms with Crippen molar-refractivity contribution in [1.29, 1.82) is 0 Å². The van der Waals surface area contributed by atoms with Gasteiger partial charge in [-0.05, 0) is 23.8 Å². The first-order valence-electron chi connectivity index (χ1n) is 7.05. The first kappa shape index (κ1) is 15.2. The lowest BCUT2D eigenvalue weighted by Gasteiger charge is -2.09. The van der Waals surface area contributed by atoms with E-state index in [9.17, 15) is 13.2 Å². The number of benzene rings is 2. The summed E-state index contributed by atoms with van der Waals surface area (Å²) in [6.45, 7) is 0. The second-order valence-electron chi connectivity index (χ2n) is 5.17. The van der Waals surface area contributed by atoms with E-state index in [1.165, 1.54) is 16.3 Å². The summed E-state index contributed by atoms with van der Waals surface area (Å²) >= 11 is 0. The maximum absolute atomic E-state index is 12.4. The van der Waals surface area contributed by atoms with Gasteiger partial charge in [0.15, 0.2) is 0 Å². The van der Waals surface area contributed by atoms with E-state index in [0.717, 1.165) is 10.9 Å². The molecule has 0 spiro atoms. The van der Waals surface area contributed by atoms with Crippen molar-refractivity contribution in [2.45, 2.75) is 0 Å². The molecular formula is C18H15NO3S. The van der Waals surface area contributed by atoms with Gasteiger partial charge in [-0.1, -0.05) is 48.5 Å². The Morgan fingerprint density at radius 3 is 2.26 bits per heavy atom. The highest BCUT2D eigenvalue weighted by atomic mass is 32.2. The van der Waals surface area contributed by atoms with Crippen LogP contribution in [0.5, 0.6) is 0 Å². The molecule has 0 saturated heterocycles. The van der Waals surface area contributed by atoms with E-state index in [1.54, 1.807) is 18.2 Å². The number of aldehydes is 1. The van der Waals surface area contributed by atoms with Gasteiger partial charge in [0, 0.05) is 10.9 Å². The van der Waals surface area contributed by atoms with Crippen LogP contribution in [-0.2, 0) is 14.8 Å². The van der Waals surface area contributed by atoms with E-state index in [4.69, 9.17) is 0 Å². The summed E-state index contributed by atoms with van der Waals surface area (Å²) in [6.07, 6.45) is 4.89. The molecule has 0 saturated carbocycles. The predicted octanol–water partition coefficient (Wildman–Crippen LogP) is 3.33. The zero-order valence-corrected chi connectivity index (χ0v) is 13.3. The smallest absolute Gasteiger partial charge is 0.236 e. The Balaban J connectivity index is 2.53. The minimum Gasteiger partial charge on any atom is -0.299 e. The molecule has 0 aliphatic heterocycles. The van der Waals surface area contributed by atoms with Gasteiger partial charge in [0.05, 0.1) is 17.5 Å². The summed E-state index contributed by atoms with van der Waals surface area (Å²) in [6, 6.07) is 16.6. The van der Waals surface area contributed by atoms with Crippen molar-refractivity contribution < 1.29 is 13.2 Å². The molecule has 116 valence electrons. The van der Waals surface area contributed by atoms with Gasteiger partial charge in [0.2, 0.25) is 10.0 Å². The molecule has 0 aliphatic carbocycles. The largest absolute Gasteiger partial charge is 0.299 e. The minimum absolute atomic E-state index is 0.562. The maximum Gasteiger partial charge on any atom is 0.236 e. The first-order chi connectivity index (χ1) is 11.0. The van der Waals surface area contributed by atoms with Crippen molar-refractivity contribution in [1.82, 2.24) is 3.97 Å². The van der Waals surface area contributed by atoms with Crippen LogP contribution in [0.4, 0.5) is 0 Å². The third-order valence-electron chi connectivity index (χ3n) is 3.59. The van der Waals surface area contributed by atoms with E-state index in [0.29, 0.717) is 23.1 Å². The molecular weight excluding hydrogens is 310 g/mol. The van der Waals surface area contributed by atoms with Crippen LogP contribution in [-0.4, -0.2) is 24.9 Å². The molecule has 0 aliphatic rings. The van der Waals surface area contributed by atoms with E-state index >= 15 is 0 Å². The highest BCUT2D eigenvalue weighted by Crippen LogP contribution is 2.35. The number of hydrogen-bond donors (Lipinski definition) is 0. The molecule has 4 nitrogen and oxygen atoms in total. The minimum atomic E-state index is -3.52. The number of hydrogen-bond acceptors (Lipinski definition) is 3. The number of carbonyl (C=O) groups is 1. The SMILES string of the molecule is CS(=O)(=O)n1c(-c2ccccc2)c(/C=C/C=O)c2ccccc21. The van der Waals surface area contributed by atoms with Crippen LogP contribution < -0.4 is 0 Å². The highest BCUT2D eigenvalue weighted by Gasteiger charge is 2.22. The molecule has 0 bridgehead atoms. The normalized spacial score (nSPS) is 12.0. The maximum atomic E-state index is 12.4. The molecule has 3 aromatic rings. The average Bonchev–Trinajstić information content (AvgIpc) is 2.88. The number of carbonyl (C=O) groups excluding carboxylic acids is 1. The molecule has 0 N–H and O–H groups in total. The van der Waals surface area contributed by atoms with Gasteiger partial charge in [-0.3, -0.25) is 4.79 Å². The van der Waals surface area contributed by atoms with Crippen molar-refractivity contribution in [2.24, 2.45) is 0 Å². The second-order valence-corrected chi connectivity index (χ2v) is 7.00. The lowest BCUT2D eigenvalue weighted by molar-refractivity contribution is -0.104. The van der Waals surface area contributed by atoms with Gasteiger partial charge in [-0.2, -0.15) is 0 Å². The Bertz CT molecular complexity index is 999. The van der Waals surface area contributed by atoms with Crippen LogP contribution in [0.3, 0.4) is 0 Å². The Kier molecular flexibility index (Phi) is 3.88. The summed E-state index contributed by atoms with van der Waals surface area (Å²) in [7, 11) is -3.52. The summed E-state index contributed by atoms with van der Waals surface area (Å²) in [5.41, 5.74) is 2.65. The first-order valence-corrected chi connectivity index (χ1v) is 8.90. The van der Waals surface area contributed by atoms with Gasteiger partial charge in [0.25, 0.3) is 0 Å². The number of nitrogens with zero attached hydrogens (tertiary/aromatic N) is 1. The Morgan fingerprint density at radius 1 is 0.957 bits per heavy atom. The van der Waals surface area contributed by atoms with E-state index in [1.807, 2.05) is 42.5 Å². The van der Waals surface area contributed by atoms with Crippen LogP contribution in [0.15, 0.2) is 60.7 Å². The fraction of sp³-hybridized carbons (Fsp3) is 0.0556. The van der Waals surface area contributed by atoms with Crippen molar-refractivity contribution in [2.75, 3.05) is 6.26 Å². The van der Waals surface area contributed by atoms with Gasteiger partial charge in [0.1, 0.15) is 6.29 Å². The predicted molar refractivity (Wildman–Crippen MR) is 92.7 cm³/mol. The van der Waals surface area contributed by atoms with Crippen molar-refractivity contribution in [3.8, 4) is 11.3 Å². The number of aromatic nitrogens is 1.